The van der Waals surface area contributed by atoms with Crippen LogP contribution >= 0.6 is 10.7 Å². The van der Waals surface area contributed by atoms with Crippen molar-refractivity contribution in [1.82, 2.24) is 0 Å². The minimum atomic E-state index is -3.49. The first kappa shape index (κ1) is 14.0. The van der Waals surface area contributed by atoms with Crippen LogP contribution in [0.1, 0.15) is 21.5 Å². The molecule has 0 heterocycles. The molecule has 0 saturated heterocycles. The van der Waals surface area contributed by atoms with Crippen LogP contribution in [-0.4, -0.2) is 27.2 Å². The van der Waals surface area contributed by atoms with Crippen LogP contribution in [0.5, 0.6) is 0 Å². The van der Waals surface area contributed by atoms with Crippen molar-refractivity contribution in [2.75, 3.05) is 12.9 Å². The lowest BCUT2D eigenvalue weighted by atomic mass is 10.0. The van der Waals surface area contributed by atoms with E-state index in [4.69, 9.17) is 10.7 Å². The van der Waals surface area contributed by atoms with E-state index in [-0.39, 0.29) is 5.75 Å². The number of aryl methyl sites for hydroxylation is 2. The average molecular weight is 277 g/mol. The lowest BCUT2D eigenvalue weighted by Crippen LogP contribution is -2.05. The fourth-order valence-corrected chi connectivity index (χ4v) is 2.15. The molecule has 4 nitrogen and oxygen atoms in total. The molecule has 0 unspecified atom stereocenters. The summed E-state index contributed by atoms with van der Waals surface area (Å²) in [5.74, 6) is -0.530. The molecule has 0 aliphatic carbocycles. The second kappa shape index (κ2) is 5.51. The number of methoxy groups -OCH3 is 1. The standard InChI is InChI=1S/C11H13ClO4S/c1-8-7-10(11(13)16-2)4-3-9(8)5-6-17(12,14)15/h3-4,7H,5-6H2,1-2H3. The second-order valence-corrected chi connectivity index (χ2v) is 6.52. The summed E-state index contributed by atoms with van der Waals surface area (Å²) >= 11 is 0. The van der Waals surface area contributed by atoms with E-state index >= 15 is 0 Å². The molecule has 94 valence electrons. The third-order valence-electron chi connectivity index (χ3n) is 2.38. The van der Waals surface area contributed by atoms with Crippen LogP contribution in [0.3, 0.4) is 0 Å². The zero-order valence-corrected chi connectivity index (χ0v) is 11.1. The fraction of sp³-hybridized carbons (Fsp3) is 0.364. The zero-order valence-electron chi connectivity index (χ0n) is 9.57. The predicted molar refractivity (Wildman–Crippen MR) is 65.9 cm³/mol. The van der Waals surface area contributed by atoms with Crippen LogP contribution in [0.2, 0.25) is 0 Å². The van der Waals surface area contributed by atoms with Crippen molar-refractivity contribution in [2.45, 2.75) is 13.3 Å². The Labute approximate surface area is 105 Å². The van der Waals surface area contributed by atoms with E-state index in [1.54, 1.807) is 18.2 Å². The highest BCUT2D eigenvalue weighted by molar-refractivity contribution is 8.13. The molecule has 0 aromatic heterocycles. The molecular weight excluding hydrogens is 264 g/mol. The van der Waals surface area contributed by atoms with Crippen LogP contribution in [0, 0.1) is 6.92 Å². The first-order chi connectivity index (χ1) is 7.83. The number of hydrogen-bond donors (Lipinski definition) is 0. The van der Waals surface area contributed by atoms with Crippen molar-refractivity contribution in [3.05, 3.63) is 34.9 Å². The Morgan fingerprint density at radius 2 is 2.06 bits per heavy atom. The summed E-state index contributed by atoms with van der Waals surface area (Å²) in [5.41, 5.74) is 2.14. The molecule has 0 N–H and O–H groups in total. The van der Waals surface area contributed by atoms with Gasteiger partial charge in [-0.2, -0.15) is 0 Å². The Bertz CT molecular complexity index is 522. The maximum Gasteiger partial charge on any atom is 0.337 e. The van der Waals surface area contributed by atoms with Crippen molar-refractivity contribution in [1.29, 1.82) is 0 Å². The number of benzene rings is 1. The van der Waals surface area contributed by atoms with Gasteiger partial charge in [-0.25, -0.2) is 13.2 Å². The van der Waals surface area contributed by atoms with E-state index in [2.05, 4.69) is 4.74 Å². The molecule has 0 radical (unpaired) electrons. The Hall–Kier alpha value is -1.07. The second-order valence-electron chi connectivity index (χ2n) is 3.63. The van der Waals surface area contributed by atoms with E-state index in [1.807, 2.05) is 6.92 Å². The van der Waals surface area contributed by atoms with Gasteiger partial charge in [0, 0.05) is 10.7 Å². The maximum absolute atomic E-state index is 11.3. The Morgan fingerprint density at radius 3 is 2.53 bits per heavy atom. The van der Waals surface area contributed by atoms with Crippen LogP contribution in [0.4, 0.5) is 0 Å². The lowest BCUT2D eigenvalue weighted by molar-refractivity contribution is 0.0600. The zero-order chi connectivity index (χ0) is 13.1. The molecule has 1 aromatic rings. The molecule has 1 rings (SSSR count). The molecule has 6 heteroatoms. The van der Waals surface area contributed by atoms with Gasteiger partial charge in [0.2, 0.25) is 9.05 Å². The van der Waals surface area contributed by atoms with Gasteiger partial charge in [-0.1, -0.05) is 6.07 Å². The van der Waals surface area contributed by atoms with Gasteiger partial charge in [0.1, 0.15) is 0 Å². The van der Waals surface area contributed by atoms with Crippen molar-refractivity contribution in [3.8, 4) is 0 Å². The summed E-state index contributed by atoms with van der Waals surface area (Å²) < 4.78 is 26.2. The van der Waals surface area contributed by atoms with Gasteiger partial charge < -0.3 is 4.74 Å². The highest BCUT2D eigenvalue weighted by Crippen LogP contribution is 2.14. The summed E-state index contributed by atoms with van der Waals surface area (Å²) in [6.07, 6.45) is 0.332. The number of esters is 1. The van der Waals surface area contributed by atoms with E-state index in [0.717, 1.165) is 11.1 Å². The third-order valence-corrected chi connectivity index (χ3v) is 3.53. The molecule has 0 fully saturated rings. The summed E-state index contributed by atoms with van der Waals surface area (Å²) in [6, 6.07) is 4.99. The van der Waals surface area contributed by atoms with Gasteiger partial charge in [0.05, 0.1) is 18.4 Å². The first-order valence-corrected chi connectivity index (χ1v) is 7.41. The number of rotatable bonds is 4. The normalized spacial score (nSPS) is 11.2. The van der Waals surface area contributed by atoms with Crippen LogP contribution in [-0.2, 0) is 20.2 Å². The molecule has 0 aliphatic rings. The Balaban J connectivity index is 2.87. The van der Waals surface area contributed by atoms with Gasteiger partial charge in [-0.05, 0) is 36.6 Å². The van der Waals surface area contributed by atoms with E-state index in [0.29, 0.717) is 12.0 Å². The minimum Gasteiger partial charge on any atom is -0.465 e. The van der Waals surface area contributed by atoms with Gasteiger partial charge in [0.15, 0.2) is 0 Å². The summed E-state index contributed by atoms with van der Waals surface area (Å²) in [6.45, 7) is 1.81. The largest absolute Gasteiger partial charge is 0.465 e. The lowest BCUT2D eigenvalue weighted by Gasteiger charge is -2.06. The third kappa shape index (κ3) is 4.36. The van der Waals surface area contributed by atoms with Crippen molar-refractivity contribution < 1.29 is 17.9 Å². The average Bonchev–Trinajstić information content (AvgIpc) is 2.25. The highest BCUT2D eigenvalue weighted by atomic mass is 35.7. The van der Waals surface area contributed by atoms with Gasteiger partial charge in [0.25, 0.3) is 0 Å². The van der Waals surface area contributed by atoms with E-state index in [9.17, 15) is 13.2 Å². The van der Waals surface area contributed by atoms with Crippen LogP contribution < -0.4 is 0 Å². The number of carbonyl (C=O) groups is 1. The molecule has 0 atom stereocenters. The minimum absolute atomic E-state index is 0.118. The quantitative estimate of drug-likeness (QED) is 0.622. The monoisotopic (exact) mass is 276 g/mol. The molecule has 0 amide bonds. The van der Waals surface area contributed by atoms with Crippen molar-refractivity contribution in [2.24, 2.45) is 0 Å². The molecule has 1 aromatic carbocycles. The Kier molecular flexibility index (Phi) is 4.54. The van der Waals surface area contributed by atoms with E-state index < -0.39 is 15.0 Å². The maximum atomic E-state index is 11.3. The smallest absolute Gasteiger partial charge is 0.337 e. The van der Waals surface area contributed by atoms with Crippen LogP contribution in [0.25, 0.3) is 0 Å². The number of carbonyl (C=O) groups excluding carboxylic acids is 1. The summed E-state index contributed by atoms with van der Waals surface area (Å²) in [7, 11) is 2.96. The molecule has 0 aliphatic heterocycles. The fourth-order valence-electron chi connectivity index (χ4n) is 1.45. The number of halogens is 1. The first-order valence-electron chi connectivity index (χ1n) is 4.93. The van der Waals surface area contributed by atoms with Crippen molar-refractivity contribution >= 4 is 25.7 Å². The van der Waals surface area contributed by atoms with E-state index in [1.165, 1.54) is 7.11 Å². The SMILES string of the molecule is COC(=O)c1ccc(CCS(=O)(=O)Cl)c(C)c1. The predicted octanol–water partition coefficient (Wildman–Crippen LogP) is 1.89. The van der Waals surface area contributed by atoms with Crippen molar-refractivity contribution in [3.63, 3.8) is 0 Å². The summed E-state index contributed by atoms with van der Waals surface area (Å²) in [5, 5.41) is 0. The topological polar surface area (TPSA) is 60.4 Å². The highest BCUT2D eigenvalue weighted by Gasteiger charge is 2.10. The number of ether oxygens (including phenoxy) is 1. The summed E-state index contributed by atoms with van der Waals surface area (Å²) in [4.78, 5) is 11.3. The molecule has 0 saturated carbocycles. The van der Waals surface area contributed by atoms with Gasteiger partial charge in [-0.15, -0.1) is 0 Å². The number of hydrogen-bond acceptors (Lipinski definition) is 4. The van der Waals surface area contributed by atoms with Gasteiger partial charge >= 0.3 is 5.97 Å². The molecular formula is C11H13ClO4S. The van der Waals surface area contributed by atoms with Crippen LogP contribution in [0.15, 0.2) is 18.2 Å². The molecule has 17 heavy (non-hydrogen) atoms. The van der Waals surface area contributed by atoms with Gasteiger partial charge in [-0.3, -0.25) is 0 Å². The molecule has 0 bridgehead atoms. The molecule has 0 spiro atoms. The Morgan fingerprint density at radius 1 is 1.41 bits per heavy atom.